The first-order valence-corrected chi connectivity index (χ1v) is 8.61. The van der Waals surface area contributed by atoms with Crippen LogP contribution in [0, 0.1) is 5.92 Å². The van der Waals surface area contributed by atoms with Crippen LogP contribution in [0.2, 0.25) is 5.02 Å². The first-order chi connectivity index (χ1) is 11.5. The molecule has 0 spiro atoms. The van der Waals surface area contributed by atoms with E-state index >= 15 is 0 Å². The van der Waals surface area contributed by atoms with Crippen LogP contribution in [-0.2, 0) is 9.59 Å². The minimum atomic E-state index is -0.741. The maximum atomic E-state index is 12.0. The molecule has 3 N–H and O–H groups in total. The normalized spacial score (nSPS) is 22.0. The maximum Gasteiger partial charge on any atom is 0.321 e. The first kappa shape index (κ1) is 17.2. The fourth-order valence-corrected chi connectivity index (χ4v) is 3.67. The van der Waals surface area contributed by atoms with E-state index < -0.39 is 24.0 Å². The Hall–Kier alpha value is -1.63. The van der Waals surface area contributed by atoms with Gasteiger partial charge >= 0.3 is 5.97 Å². The molecule has 3 rings (SSSR count). The highest BCUT2D eigenvalue weighted by molar-refractivity contribution is 6.30. The van der Waals surface area contributed by atoms with Crippen molar-refractivity contribution < 1.29 is 14.7 Å². The Labute approximate surface area is 146 Å². The molecular formula is C17H22ClN3O3. The van der Waals surface area contributed by atoms with Gasteiger partial charge in [0, 0.05) is 31.2 Å². The zero-order chi connectivity index (χ0) is 17.3. The molecule has 1 aliphatic heterocycles. The number of carbonyl (C=O) groups is 2. The molecule has 2 unspecified atom stereocenters. The van der Waals surface area contributed by atoms with Gasteiger partial charge in [-0.25, -0.2) is 0 Å². The van der Waals surface area contributed by atoms with Crippen molar-refractivity contribution in [2.45, 2.75) is 24.9 Å². The van der Waals surface area contributed by atoms with Gasteiger partial charge in [0.2, 0.25) is 5.91 Å². The Balaban J connectivity index is 1.68. The smallest absolute Gasteiger partial charge is 0.321 e. The van der Waals surface area contributed by atoms with E-state index in [1.807, 2.05) is 21.9 Å². The summed E-state index contributed by atoms with van der Waals surface area (Å²) < 4.78 is 0. The van der Waals surface area contributed by atoms with Crippen LogP contribution in [0.3, 0.4) is 0 Å². The predicted octanol–water partition coefficient (Wildman–Crippen LogP) is 1.35. The van der Waals surface area contributed by atoms with Crippen LogP contribution < -0.4 is 5.73 Å². The van der Waals surface area contributed by atoms with E-state index in [-0.39, 0.29) is 5.92 Å². The van der Waals surface area contributed by atoms with Gasteiger partial charge in [-0.2, -0.15) is 0 Å². The number of piperazine rings is 1. The number of carboxylic acids is 1. The molecule has 2 atom stereocenters. The van der Waals surface area contributed by atoms with Crippen molar-refractivity contribution in [2.75, 3.05) is 26.2 Å². The molecule has 1 aromatic carbocycles. The molecule has 1 heterocycles. The zero-order valence-electron chi connectivity index (χ0n) is 13.4. The summed E-state index contributed by atoms with van der Waals surface area (Å²) in [5.74, 6) is -0.866. The Morgan fingerprint density at radius 2 is 1.62 bits per heavy atom. The van der Waals surface area contributed by atoms with Crippen molar-refractivity contribution in [3.05, 3.63) is 34.9 Å². The fourth-order valence-electron chi connectivity index (χ4n) is 3.54. The molecule has 2 fully saturated rings. The van der Waals surface area contributed by atoms with E-state index in [4.69, 9.17) is 17.3 Å². The van der Waals surface area contributed by atoms with Crippen LogP contribution in [-0.4, -0.2) is 59.0 Å². The average Bonchev–Trinajstić information content (AvgIpc) is 3.35. The van der Waals surface area contributed by atoms with E-state index in [1.54, 1.807) is 12.1 Å². The quantitative estimate of drug-likeness (QED) is 0.807. The fraction of sp³-hybridized carbons (Fsp3) is 0.529. The summed E-state index contributed by atoms with van der Waals surface area (Å²) in [5, 5.41) is 10.1. The minimum Gasteiger partial charge on any atom is -0.480 e. The van der Waals surface area contributed by atoms with Gasteiger partial charge in [-0.05, 0) is 36.5 Å². The maximum absolute atomic E-state index is 12.0. The summed E-state index contributed by atoms with van der Waals surface area (Å²) in [7, 11) is 0. The number of nitrogens with two attached hydrogens (primary N) is 1. The first-order valence-electron chi connectivity index (χ1n) is 8.23. The third-order valence-electron chi connectivity index (χ3n) is 4.88. The topological polar surface area (TPSA) is 86.9 Å². The van der Waals surface area contributed by atoms with Crippen LogP contribution in [0.1, 0.15) is 24.4 Å². The molecule has 1 amide bonds. The summed E-state index contributed by atoms with van der Waals surface area (Å²) >= 11 is 5.91. The third kappa shape index (κ3) is 3.71. The lowest BCUT2D eigenvalue weighted by atomic mass is 10.0. The summed E-state index contributed by atoms with van der Waals surface area (Å²) in [6.07, 6.45) is 1.98. The van der Waals surface area contributed by atoms with Gasteiger partial charge in [0.25, 0.3) is 0 Å². The SMILES string of the molecule is NC(=O)C(c1ccc(Cl)cc1)N1CCN(C(C(=O)O)C2CC2)CC1. The molecule has 130 valence electrons. The molecule has 0 radical (unpaired) electrons. The van der Waals surface area contributed by atoms with Crippen molar-refractivity contribution in [1.29, 1.82) is 0 Å². The van der Waals surface area contributed by atoms with Gasteiger partial charge in [0.15, 0.2) is 0 Å². The number of rotatable bonds is 6. The Kier molecular flexibility index (Phi) is 5.08. The molecule has 1 saturated heterocycles. The van der Waals surface area contributed by atoms with Gasteiger partial charge < -0.3 is 10.8 Å². The van der Waals surface area contributed by atoms with Gasteiger partial charge in [0.1, 0.15) is 12.1 Å². The number of carbonyl (C=O) groups excluding carboxylic acids is 1. The van der Waals surface area contributed by atoms with Crippen molar-refractivity contribution in [1.82, 2.24) is 9.80 Å². The van der Waals surface area contributed by atoms with E-state index in [1.165, 1.54) is 0 Å². The van der Waals surface area contributed by atoms with Gasteiger partial charge in [-0.15, -0.1) is 0 Å². The van der Waals surface area contributed by atoms with Crippen molar-refractivity contribution in [3.8, 4) is 0 Å². The Morgan fingerprint density at radius 3 is 2.08 bits per heavy atom. The average molecular weight is 352 g/mol. The number of hydrogen-bond donors (Lipinski definition) is 2. The van der Waals surface area contributed by atoms with E-state index in [9.17, 15) is 14.7 Å². The summed E-state index contributed by atoms with van der Waals surface area (Å²) in [5.41, 5.74) is 6.43. The number of nitrogens with zero attached hydrogens (tertiary/aromatic N) is 2. The minimum absolute atomic E-state index is 0.275. The Bertz CT molecular complexity index is 610. The van der Waals surface area contributed by atoms with Gasteiger partial charge in [-0.1, -0.05) is 23.7 Å². The molecule has 1 saturated carbocycles. The van der Waals surface area contributed by atoms with Crippen LogP contribution in [0.5, 0.6) is 0 Å². The predicted molar refractivity (Wildman–Crippen MR) is 90.7 cm³/mol. The number of primary amides is 1. The number of carboxylic acid groups (broad SMARTS) is 1. The molecule has 1 aromatic rings. The Morgan fingerprint density at radius 1 is 1.08 bits per heavy atom. The van der Waals surface area contributed by atoms with Gasteiger partial charge in [0.05, 0.1) is 0 Å². The van der Waals surface area contributed by atoms with E-state index in [0.717, 1.165) is 18.4 Å². The van der Waals surface area contributed by atoms with Crippen LogP contribution in [0.25, 0.3) is 0 Å². The highest BCUT2D eigenvalue weighted by Crippen LogP contribution is 2.36. The number of halogens is 1. The monoisotopic (exact) mass is 351 g/mol. The highest BCUT2D eigenvalue weighted by Gasteiger charge is 2.42. The van der Waals surface area contributed by atoms with Crippen LogP contribution in [0.15, 0.2) is 24.3 Å². The molecule has 0 bridgehead atoms. The molecule has 1 aliphatic carbocycles. The van der Waals surface area contributed by atoms with Crippen LogP contribution in [0.4, 0.5) is 0 Å². The van der Waals surface area contributed by atoms with E-state index in [2.05, 4.69) is 0 Å². The van der Waals surface area contributed by atoms with Crippen molar-refractivity contribution in [2.24, 2.45) is 11.7 Å². The second kappa shape index (κ2) is 7.09. The summed E-state index contributed by atoms with van der Waals surface area (Å²) in [4.78, 5) is 27.5. The number of aliphatic carboxylic acids is 1. The van der Waals surface area contributed by atoms with E-state index in [0.29, 0.717) is 31.2 Å². The number of amides is 1. The van der Waals surface area contributed by atoms with Crippen molar-refractivity contribution in [3.63, 3.8) is 0 Å². The summed E-state index contributed by atoms with van der Waals surface area (Å²) in [6.45, 7) is 2.50. The molecular weight excluding hydrogens is 330 g/mol. The molecule has 2 aliphatic rings. The zero-order valence-corrected chi connectivity index (χ0v) is 14.2. The number of benzene rings is 1. The highest BCUT2D eigenvalue weighted by atomic mass is 35.5. The lowest BCUT2D eigenvalue weighted by molar-refractivity contribution is -0.145. The summed E-state index contributed by atoms with van der Waals surface area (Å²) in [6, 6.07) is 6.22. The van der Waals surface area contributed by atoms with Gasteiger partial charge in [-0.3, -0.25) is 19.4 Å². The van der Waals surface area contributed by atoms with Crippen LogP contribution >= 0.6 is 11.6 Å². The molecule has 7 heteroatoms. The second-order valence-electron chi connectivity index (χ2n) is 6.55. The molecule has 0 aromatic heterocycles. The lowest BCUT2D eigenvalue weighted by Crippen LogP contribution is -2.55. The molecule has 6 nitrogen and oxygen atoms in total. The van der Waals surface area contributed by atoms with Crippen molar-refractivity contribution >= 4 is 23.5 Å². The second-order valence-corrected chi connectivity index (χ2v) is 6.99. The molecule has 24 heavy (non-hydrogen) atoms. The largest absolute Gasteiger partial charge is 0.480 e. The number of hydrogen-bond acceptors (Lipinski definition) is 4. The third-order valence-corrected chi connectivity index (χ3v) is 5.14. The standard InChI is InChI=1S/C17H22ClN3O3/c18-13-5-3-11(4-6-13)14(16(19)22)20-7-9-21(10-8-20)15(17(23)24)12-1-2-12/h3-6,12,14-15H,1-2,7-10H2,(H2,19,22)(H,23,24). The lowest BCUT2D eigenvalue weighted by Gasteiger charge is -2.40.